The molecule has 0 radical (unpaired) electrons. The molecule has 0 fully saturated rings. The van der Waals surface area contributed by atoms with E-state index in [1.165, 1.54) is 12.3 Å². The number of sulfonamides is 1. The van der Waals surface area contributed by atoms with Crippen molar-refractivity contribution in [1.29, 1.82) is 0 Å². The van der Waals surface area contributed by atoms with Crippen LogP contribution in [-0.2, 0) is 10.0 Å². The van der Waals surface area contributed by atoms with E-state index < -0.39 is 10.0 Å². The van der Waals surface area contributed by atoms with Gasteiger partial charge in [0.05, 0.1) is 11.4 Å². The molecule has 1 heterocycles. The molecule has 0 aliphatic carbocycles. The van der Waals surface area contributed by atoms with Gasteiger partial charge in [-0.15, -0.1) is 11.6 Å². The third-order valence-corrected chi connectivity index (χ3v) is 3.64. The summed E-state index contributed by atoms with van der Waals surface area (Å²) >= 11 is 11.1. The number of unbranched alkanes of at least 4 members (excludes halogenated alkanes) is 1. The molecule has 0 aliphatic rings. The van der Waals surface area contributed by atoms with E-state index >= 15 is 0 Å². The maximum atomic E-state index is 11.6. The summed E-state index contributed by atoms with van der Waals surface area (Å²) in [6, 6.07) is 3.01. The number of pyridine rings is 1. The van der Waals surface area contributed by atoms with E-state index in [2.05, 4.69) is 9.71 Å². The largest absolute Gasteiger partial charge is 0.283 e. The van der Waals surface area contributed by atoms with Crippen LogP contribution < -0.4 is 4.72 Å². The Morgan fingerprint density at radius 1 is 1.38 bits per heavy atom. The molecule has 16 heavy (non-hydrogen) atoms. The maximum Gasteiger partial charge on any atom is 0.232 e. The van der Waals surface area contributed by atoms with Gasteiger partial charge in [0.15, 0.2) is 0 Å². The lowest BCUT2D eigenvalue weighted by Crippen LogP contribution is -2.16. The second-order valence-corrected chi connectivity index (χ2v) is 5.79. The van der Waals surface area contributed by atoms with Gasteiger partial charge in [-0.3, -0.25) is 4.72 Å². The second kappa shape index (κ2) is 6.27. The summed E-state index contributed by atoms with van der Waals surface area (Å²) in [6.45, 7) is 0. The molecule has 0 bridgehead atoms. The highest BCUT2D eigenvalue weighted by molar-refractivity contribution is 7.92. The average molecular weight is 283 g/mol. The molecule has 0 amide bonds. The van der Waals surface area contributed by atoms with Gasteiger partial charge in [-0.2, -0.15) is 0 Å². The zero-order valence-electron chi connectivity index (χ0n) is 8.49. The first-order valence-corrected chi connectivity index (χ1v) is 7.28. The maximum absolute atomic E-state index is 11.6. The molecule has 0 saturated heterocycles. The van der Waals surface area contributed by atoms with Crippen LogP contribution in [0, 0.1) is 0 Å². The third kappa shape index (κ3) is 5.01. The van der Waals surface area contributed by atoms with Gasteiger partial charge < -0.3 is 0 Å². The van der Waals surface area contributed by atoms with Gasteiger partial charge in [0.1, 0.15) is 5.15 Å². The Kier molecular flexibility index (Phi) is 5.31. The Labute approximate surface area is 105 Å². The van der Waals surface area contributed by atoms with Gasteiger partial charge in [0, 0.05) is 12.1 Å². The van der Waals surface area contributed by atoms with Crippen molar-refractivity contribution in [1.82, 2.24) is 4.98 Å². The van der Waals surface area contributed by atoms with Crippen molar-refractivity contribution in [2.24, 2.45) is 0 Å². The minimum Gasteiger partial charge on any atom is -0.283 e. The highest BCUT2D eigenvalue weighted by atomic mass is 35.5. The van der Waals surface area contributed by atoms with E-state index in [1.54, 1.807) is 6.07 Å². The molecule has 0 aromatic carbocycles. The summed E-state index contributed by atoms with van der Waals surface area (Å²) in [4.78, 5) is 3.76. The number of nitrogens with one attached hydrogen (secondary N) is 1. The van der Waals surface area contributed by atoms with Crippen molar-refractivity contribution in [3.8, 4) is 0 Å². The number of hydrogen-bond acceptors (Lipinski definition) is 3. The summed E-state index contributed by atoms with van der Waals surface area (Å²) < 4.78 is 25.6. The molecule has 0 spiro atoms. The molecular formula is C9H12Cl2N2O2S. The Hall–Kier alpha value is -0.520. The van der Waals surface area contributed by atoms with E-state index in [0.29, 0.717) is 24.4 Å². The summed E-state index contributed by atoms with van der Waals surface area (Å²) in [6.07, 6.45) is 2.66. The molecular weight excluding hydrogens is 271 g/mol. The molecule has 90 valence electrons. The topological polar surface area (TPSA) is 59.1 Å². The van der Waals surface area contributed by atoms with Crippen LogP contribution in [0.15, 0.2) is 18.3 Å². The predicted octanol–water partition coefficient (Wildman–Crippen LogP) is 2.50. The molecule has 1 aromatic heterocycles. The number of alkyl halides is 1. The van der Waals surface area contributed by atoms with Gasteiger partial charge in [-0.25, -0.2) is 13.4 Å². The fraction of sp³-hybridized carbons (Fsp3) is 0.444. The van der Waals surface area contributed by atoms with Crippen molar-refractivity contribution in [3.05, 3.63) is 23.5 Å². The summed E-state index contributed by atoms with van der Waals surface area (Å²) in [7, 11) is -3.32. The van der Waals surface area contributed by atoms with E-state index in [4.69, 9.17) is 23.2 Å². The van der Waals surface area contributed by atoms with Crippen molar-refractivity contribution in [2.75, 3.05) is 16.4 Å². The van der Waals surface area contributed by atoms with Crippen LogP contribution in [0.2, 0.25) is 5.15 Å². The lowest BCUT2D eigenvalue weighted by molar-refractivity contribution is 0.598. The van der Waals surface area contributed by atoms with Crippen molar-refractivity contribution >= 4 is 38.9 Å². The fourth-order valence-electron chi connectivity index (χ4n) is 1.08. The Morgan fingerprint density at radius 2 is 2.12 bits per heavy atom. The number of halogens is 2. The molecule has 0 aliphatic heterocycles. The number of rotatable bonds is 6. The second-order valence-electron chi connectivity index (χ2n) is 3.18. The Morgan fingerprint density at radius 3 is 2.75 bits per heavy atom. The first-order chi connectivity index (χ1) is 7.53. The van der Waals surface area contributed by atoms with Gasteiger partial charge in [-0.05, 0) is 25.0 Å². The summed E-state index contributed by atoms with van der Waals surface area (Å²) in [5, 5.41) is 0.251. The van der Waals surface area contributed by atoms with Gasteiger partial charge >= 0.3 is 0 Å². The van der Waals surface area contributed by atoms with Crippen LogP contribution in [0.5, 0.6) is 0 Å². The summed E-state index contributed by atoms with van der Waals surface area (Å²) in [5.41, 5.74) is 0.422. The quantitative estimate of drug-likeness (QED) is 0.495. The molecule has 0 atom stereocenters. The van der Waals surface area contributed by atoms with Crippen LogP contribution in [-0.4, -0.2) is 25.0 Å². The van der Waals surface area contributed by atoms with E-state index in [1.807, 2.05) is 0 Å². The number of nitrogens with zero attached hydrogens (tertiary/aromatic N) is 1. The van der Waals surface area contributed by atoms with Gasteiger partial charge in [0.25, 0.3) is 0 Å². The van der Waals surface area contributed by atoms with Crippen LogP contribution >= 0.6 is 23.2 Å². The minimum absolute atomic E-state index is 0.0552. The van der Waals surface area contributed by atoms with E-state index in [9.17, 15) is 8.42 Å². The molecule has 0 unspecified atom stereocenters. The van der Waals surface area contributed by atoms with E-state index in [-0.39, 0.29) is 10.9 Å². The summed E-state index contributed by atoms with van der Waals surface area (Å²) in [5.74, 6) is 0.524. The van der Waals surface area contributed by atoms with Crippen molar-refractivity contribution in [3.63, 3.8) is 0 Å². The van der Waals surface area contributed by atoms with Gasteiger partial charge in [-0.1, -0.05) is 11.6 Å². The standard InChI is InChI=1S/C9H12Cl2N2O2S/c10-4-1-2-6-16(14,15)13-8-3-5-12-9(11)7-8/h3,5,7H,1-2,4,6H2,(H,12,13). The van der Waals surface area contributed by atoms with Crippen molar-refractivity contribution < 1.29 is 8.42 Å². The first kappa shape index (κ1) is 13.5. The molecule has 7 heteroatoms. The highest BCUT2D eigenvalue weighted by Crippen LogP contribution is 2.14. The monoisotopic (exact) mass is 282 g/mol. The zero-order valence-corrected chi connectivity index (χ0v) is 10.8. The molecule has 1 rings (SSSR count). The molecule has 1 N–H and O–H groups in total. The minimum atomic E-state index is -3.32. The Bertz CT molecular complexity index is 437. The van der Waals surface area contributed by atoms with Crippen LogP contribution in [0.25, 0.3) is 0 Å². The molecule has 4 nitrogen and oxygen atoms in total. The first-order valence-electron chi connectivity index (χ1n) is 4.71. The van der Waals surface area contributed by atoms with Gasteiger partial charge in [0.2, 0.25) is 10.0 Å². The number of hydrogen-bond donors (Lipinski definition) is 1. The van der Waals surface area contributed by atoms with Crippen LogP contribution in [0.4, 0.5) is 5.69 Å². The molecule has 0 saturated carbocycles. The zero-order chi connectivity index (χ0) is 12.0. The fourth-order valence-corrected chi connectivity index (χ4v) is 2.62. The SMILES string of the molecule is O=S(=O)(CCCCCl)Nc1ccnc(Cl)c1. The number of anilines is 1. The lowest BCUT2D eigenvalue weighted by atomic mass is 10.4. The average Bonchev–Trinajstić information content (AvgIpc) is 2.17. The molecule has 1 aromatic rings. The third-order valence-electron chi connectivity index (χ3n) is 1.80. The van der Waals surface area contributed by atoms with E-state index in [0.717, 1.165) is 0 Å². The smallest absolute Gasteiger partial charge is 0.232 e. The van der Waals surface area contributed by atoms with Crippen LogP contribution in [0.1, 0.15) is 12.8 Å². The number of aromatic nitrogens is 1. The Balaban J connectivity index is 2.59. The normalized spacial score (nSPS) is 11.4. The predicted molar refractivity (Wildman–Crippen MR) is 66.6 cm³/mol. The lowest BCUT2D eigenvalue weighted by Gasteiger charge is -2.07. The highest BCUT2D eigenvalue weighted by Gasteiger charge is 2.09. The van der Waals surface area contributed by atoms with Crippen LogP contribution in [0.3, 0.4) is 0 Å². The van der Waals surface area contributed by atoms with Crippen molar-refractivity contribution in [2.45, 2.75) is 12.8 Å².